The SMILES string of the molecule is CN=C(NCCCN(C(C)C)C(C)C)NCc1ccnc(N(C)C)c1. The summed E-state index contributed by atoms with van der Waals surface area (Å²) in [6.07, 6.45) is 2.94. The molecule has 0 aromatic carbocycles. The van der Waals surface area contributed by atoms with E-state index in [2.05, 4.69) is 59.3 Å². The van der Waals surface area contributed by atoms with Gasteiger partial charge in [-0.25, -0.2) is 4.98 Å². The van der Waals surface area contributed by atoms with Crippen molar-refractivity contribution >= 4 is 11.8 Å². The number of nitrogens with one attached hydrogen (secondary N) is 2. The second kappa shape index (κ2) is 10.9. The Morgan fingerprint density at radius 1 is 1.16 bits per heavy atom. The molecule has 6 heteroatoms. The van der Waals surface area contributed by atoms with Crippen LogP contribution in [0.2, 0.25) is 0 Å². The molecule has 0 saturated carbocycles. The van der Waals surface area contributed by atoms with Gasteiger partial charge in [-0.15, -0.1) is 0 Å². The average Bonchev–Trinajstić information content (AvgIpc) is 2.56. The van der Waals surface area contributed by atoms with Crippen LogP contribution in [0.1, 0.15) is 39.7 Å². The Labute approximate surface area is 153 Å². The van der Waals surface area contributed by atoms with Crippen molar-refractivity contribution in [2.45, 2.75) is 52.7 Å². The minimum Gasteiger partial charge on any atom is -0.363 e. The van der Waals surface area contributed by atoms with Gasteiger partial charge in [0.15, 0.2) is 5.96 Å². The van der Waals surface area contributed by atoms with Gasteiger partial charge in [0.25, 0.3) is 0 Å². The minimum absolute atomic E-state index is 0.579. The van der Waals surface area contributed by atoms with Gasteiger partial charge in [0.2, 0.25) is 0 Å². The zero-order valence-electron chi connectivity index (χ0n) is 17.0. The molecule has 0 aliphatic heterocycles. The lowest BCUT2D eigenvalue weighted by molar-refractivity contribution is 0.173. The quantitative estimate of drug-likeness (QED) is 0.407. The molecule has 142 valence electrons. The molecule has 25 heavy (non-hydrogen) atoms. The fraction of sp³-hybridized carbons (Fsp3) is 0.684. The Bertz CT molecular complexity index is 516. The fourth-order valence-corrected chi connectivity index (χ4v) is 2.80. The van der Waals surface area contributed by atoms with E-state index in [1.807, 2.05) is 38.3 Å². The number of rotatable bonds is 9. The van der Waals surface area contributed by atoms with Crippen molar-refractivity contribution in [3.8, 4) is 0 Å². The Balaban J connectivity index is 2.39. The summed E-state index contributed by atoms with van der Waals surface area (Å²) in [6, 6.07) is 5.27. The van der Waals surface area contributed by atoms with Gasteiger partial charge in [0.1, 0.15) is 5.82 Å². The molecule has 0 saturated heterocycles. The molecule has 0 bridgehead atoms. The molecular weight excluding hydrogens is 312 g/mol. The third-order valence-corrected chi connectivity index (χ3v) is 4.16. The highest BCUT2D eigenvalue weighted by Gasteiger charge is 2.12. The molecule has 0 amide bonds. The van der Waals surface area contributed by atoms with E-state index in [1.54, 1.807) is 0 Å². The van der Waals surface area contributed by atoms with Crippen molar-refractivity contribution in [1.82, 2.24) is 20.5 Å². The topological polar surface area (TPSA) is 55.8 Å². The summed E-state index contributed by atoms with van der Waals surface area (Å²) in [4.78, 5) is 13.2. The van der Waals surface area contributed by atoms with Gasteiger partial charge < -0.3 is 15.5 Å². The molecule has 1 rings (SSSR count). The van der Waals surface area contributed by atoms with E-state index in [9.17, 15) is 0 Å². The monoisotopic (exact) mass is 348 g/mol. The highest BCUT2D eigenvalue weighted by atomic mass is 15.2. The standard InChI is InChI=1S/C19H36N6/c1-15(2)25(16(3)4)12-8-10-22-19(20-5)23-14-17-9-11-21-18(13-17)24(6)7/h9,11,13,15-16H,8,10,12,14H2,1-7H3,(H2,20,22,23). The summed E-state index contributed by atoms with van der Waals surface area (Å²) in [6.45, 7) is 11.8. The third-order valence-electron chi connectivity index (χ3n) is 4.16. The van der Waals surface area contributed by atoms with Gasteiger partial charge in [-0.1, -0.05) is 0 Å². The van der Waals surface area contributed by atoms with E-state index >= 15 is 0 Å². The van der Waals surface area contributed by atoms with Crippen LogP contribution in [-0.4, -0.2) is 62.2 Å². The van der Waals surface area contributed by atoms with Crippen LogP contribution in [0, 0.1) is 0 Å². The zero-order chi connectivity index (χ0) is 18.8. The molecule has 2 N–H and O–H groups in total. The maximum absolute atomic E-state index is 4.34. The molecule has 0 aliphatic carbocycles. The van der Waals surface area contributed by atoms with Crippen LogP contribution in [0.15, 0.2) is 23.3 Å². The summed E-state index contributed by atoms with van der Waals surface area (Å²) in [5, 5.41) is 6.76. The summed E-state index contributed by atoms with van der Waals surface area (Å²) in [7, 11) is 5.80. The molecule has 1 aromatic heterocycles. The molecule has 6 nitrogen and oxygen atoms in total. The largest absolute Gasteiger partial charge is 0.363 e. The third kappa shape index (κ3) is 7.73. The molecule has 0 radical (unpaired) electrons. The first-order valence-corrected chi connectivity index (χ1v) is 9.17. The van der Waals surface area contributed by atoms with Gasteiger partial charge in [0, 0.05) is 59.1 Å². The van der Waals surface area contributed by atoms with Crippen LogP contribution >= 0.6 is 0 Å². The van der Waals surface area contributed by atoms with Crippen molar-refractivity contribution in [1.29, 1.82) is 0 Å². The number of pyridine rings is 1. The summed E-state index contributed by atoms with van der Waals surface area (Å²) in [5.41, 5.74) is 1.19. The molecular formula is C19H36N6. The lowest BCUT2D eigenvalue weighted by Gasteiger charge is -2.30. The molecule has 1 aromatic rings. The van der Waals surface area contributed by atoms with E-state index in [0.29, 0.717) is 12.1 Å². The highest BCUT2D eigenvalue weighted by molar-refractivity contribution is 5.79. The Morgan fingerprint density at radius 3 is 2.40 bits per heavy atom. The second-order valence-corrected chi connectivity index (χ2v) is 7.05. The number of nitrogens with zero attached hydrogens (tertiary/aromatic N) is 4. The van der Waals surface area contributed by atoms with Crippen molar-refractivity contribution in [3.05, 3.63) is 23.9 Å². The van der Waals surface area contributed by atoms with Crippen LogP contribution in [-0.2, 0) is 6.54 Å². The lowest BCUT2D eigenvalue weighted by Crippen LogP contribution is -2.41. The Morgan fingerprint density at radius 2 is 1.84 bits per heavy atom. The Hall–Kier alpha value is -1.82. The average molecular weight is 349 g/mol. The maximum Gasteiger partial charge on any atom is 0.191 e. The number of hydrogen-bond acceptors (Lipinski definition) is 4. The van der Waals surface area contributed by atoms with E-state index in [4.69, 9.17) is 0 Å². The smallest absolute Gasteiger partial charge is 0.191 e. The molecule has 0 unspecified atom stereocenters. The number of guanidine groups is 1. The Kier molecular flexibility index (Phi) is 9.27. The molecule has 0 aliphatic rings. The van der Waals surface area contributed by atoms with Gasteiger partial charge in [-0.2, -0.15) is 0 Å². The lowest BCUT2D eigenvalue weighted by atomic mass is 10.2. The van der Waals surface area contributed by atoms with Gasteiger partial charge in [0.05, 0.1) is 0 Å². The number of hydrogen-bond donors (Lipinski definition) is 2. The number of anilines is 1. The second-order valence-electron chi connectivity index (χ2n) is 7.05. The molecule has 0 fully saturated rings. The zero-order valence-corrected chi connectivity index (χ0v) is 17.0. The highest BCUT2D eigenvalue weighted by Crippen LogP contribution is 2.09. The first kappa shape index (κ1) is 21.2. The van der Waals surface area contributed by atoms with Crippen molar-refractivity contribution in [2.24, 2.45) is 4.99 Å². The van der Waals surface area contributed by atoms with Crippen molar-refractivity contribution in [3.63, 3.8) is 0 Å². The van der Waals surface area contributed by atoms with E-state index in [-0.39, 0.29) is 0 Å². The molecule has 0 spiro atoms. The first-order chi connectivity index (χ1) is 11.8. The summed E-state index contributed by atoms with van der Waals surface area (Å²) < 4.78 is 0. The van der Waals surface area contributed by atoms with E-state index < -0.39 is 0 Å². The summed E-state index contributed by atoms with van der Waals surface area (Å²) >= 11 is 0. The minimum atomic E-state index is 0.579. The van der Waals surface area contributed by atoms with Crippen LogP contribution in [0.3, 0.4) is 0 Å². The van der Waals surface area contributed by atoms with E-state index in [0.717, 1.165) is 37.8 Å². The van der Waals surface area contributed by atoms with E-state index in [1.165, 1.54) is 5.56 Å². The van der Waals surface area contributed by atoms with Gasteiger partial charge in [-0.3, -0.25) is 9.89 Å². The van der Waals surface area contributed by atoms with Crippen LogP contribution in [0.5, 0.6) is 0 Å². The summed E-state index contributed by atoms with van der Waals surface area (Å²) in [5.74, 6) is 1.80. The molecule has 0 atom stereocenters. The van der Waals surface area contributed by atoms with Gasteiger partial charge in [-0.05, 0) is 51.8 Å². The fourth-order valence-electron chi connectivity index (χ4n) is 2.80. The van der Waals surface area contributed by atoms with Gasteiger partial charge >= 0.3 is 0 Å². The molecule has 1 heterocycles. The van der Waals surface area contributed by atoms with Crippen LogP contribution in [0.4, 0.5) is 5.82 Å². The van der Waals surface area contributed by atoms with Crippen LogP contribution in [0.25, 0.3) is 0 Å². The van der Waals surface area contributed by atoms with Crippen molar-refractivity contribution < 1.29 is 0 Å². The van der Waals surface area contributed by atoms with Crippen molar-refractivity contribution in [2.75, 3.05) is 39.1 Å². The predicted octanol–water partition coefficient (Wildman–Crippen LogP) is 2.32. The normalized spacial score (nSPS) is 12.2. The maximum atomic E-state index is 4.34. The van der Waals surface area contributed by atoms with Crippen LogP contribution < -0.4 is 15.5 Å². The predicted molar refractivity (Wildman–Crippen MR) is 108 cm³/mol. The number of aliphatic imine (C=N–C) groups is 1. The number of aromatic nitrogens is 1. The first-order valence-electron chi connectivity index (χ1n) is 9.17.